The summed E-state index contributed by atoms with van der Waals surface area (Å²) in [5, 5.41) is 0. The summed E-state index contributed by atoms with van der Waals surface area (Å²) < 4.78 is 7.51. The summed E-state index contributed by atoms with van der Waals surface area (Å²) in [5.41, 5.74) is 29.9. The van der Waals surface area contributed by atoms with Gasteiger partial charge in [-0.05, 0) is 0 Å². The van der Waals surface area contributed by atoms with E-state index >= 15 is 0 Å². The Bertz CT molecular complexity index is 2560. The van der Waals surface area contributed by atoms with Crippen LogP contribution in [0.4, 0.5) is 0 Å². The molecule has 8 rings (SSSR count). The molecular formula is C54H62OSiZr. The van der Waals surface area contributed by atoms with E-state index in [4.69, 9.17) is 4.74 Å². The summed E-state index contributed by atoms with van der Waals surface area (Å²) in [7, 11) is 1.89. The van der Waals surface area contributed by atoms with E-state index in [2.05, 4.69) is 162 Å². The van der Waals surface area contributed by atoms with Crippen LogP contribution in [0.5, 0.6) is 5.75 Å². The van der Waals surface area contributed by atoms with E-state index in [1.165, 1.54) is 86.0 Å². The van der Waals surface area contributed by atoms with Crippen LogP contribution in [-0.4, -0.2) is 12.5 Å². The van der Waals surface area contributed by atoms with Crippen molar-refractivity contribution in [1.82, 2.24) is 0 Å². The fraction of sp³-hybridized carbons (Fsp3) is 0.370. The van der Waals surface area contributed by atoms with Gasteiger partial charge in [-0.2, -0.15) is 0 Å². The average Bonchev–Trinajstić information content (AvgIpc) is 3.80. The van der Waals surface area contributed by atoms with E-state index in [9.17, 15) is 0 Å². The maximum absolute atomic E-state index is 6.49. The number of fused-ring (bicyclic) bond motifs is 3. The Labute approximate surface area is 351 Å². The van der Waals surface area contributed by atoms with Gasteiger partial charge >= 0.3 is 354 Å². The van der Waals surface area contributed by atoms with E-state index < -0.39 is 25.8 Å². The van der Waals surface area contributed by atoms with Gasteiger partial charge < -0.3 is 0 Å². The van der Waals surface area contributed by atoms with Crippen molar-refractivity contribution in [2.24, 2.45) is 0 Å². The first kappa shape index (κ1) is 40.3. The van der Waals surface area contributed by atoms with Crippen LogP contribution >= 0.6 is 0 Å². The predicted octanol–water partition coefficient (Wildman–Crippen LogP) is 14.8. The molecule has 0 spiro atoms. The topological polar surface area (TPSA) is 9.23 Å². The van der Waals surface area contributed by atoms with Crippen molar-refractivity contribution in [1.29, 1.82) is 0 Å². The third-order valence-corrected chi connectivity index (χ3v) is 32.9. The number of allylic oxidation sites excluding steroid dienone is 2. The molecule has 0 aliphatic heterocycles. The number of ether oxygens (including phenoxy) is 1. The van der Waals surface area contributed by atoms with Crippen molar-refractivity contribution in [3.05, 3.63) is 144 Å². The number of methoxy groups -OCH3 is 1. The molecule has 3 heteroatoms. The Hall–Kier alpha value is -3.52. The summed E-state index contributed by atoms with van der Waals surface area (Å²) >= 11 is -2.52. The van der Waals surface area contributed by atoms with Crippen LogP contribution in [0.1, 0.15) is 121 Å². The number of aryl methyl sites for hydroxylation is 6. The third kappa shape index (κ3) is 6.97. The molecule has 292 valence electrons. The Morgan fingerprint density at radius 1 is 0.561 bits per heavy atom. The number of hydrogen-bond donors (Lipinski definition) is 0. The zero-order valence-corrected chi connectivity index (χ0v) is 40.6. The SMILES string of the molecule is COc1c(C(C)(C)C)cc2c(c1-c1cc(C)cc(C)c1)C=C(C)[CH]2[Zr]([CH]1C(C)=Cc2c(-c3cc(C)cc(C)c3)c3c(c(-c4cc(C)cc(C)c4)c21)CCC3)=[Si](C)C. The second kappa shape index (κ2) is 14.9. The fourth-order valence-electron chi connectivity index (χ4n) is 11.2. The van der Waals surface area contributed by atoms with Crippen LogP contribution < -0.4 is 4.74 Å². The van der Waals surface area contributed by atoms with Crippen LogP contribution in [0.2, 0.25) is 13.1 Å². The van der Waals surface area contributed by atoms with Gasteiger partial charge in [0, 0.05) is 0 Å². The molecule has 0 fully saturated rings. The summed E-state index contributed by atoms with van der Waals surface area (Å²) in [4.78, 5) is 0. The molecule has 2 unspecified atom stereocenters. The Kier molecular flexibility index (Phi) is 10.6. The standard InChI is InChI=1S/C29H29.C23H27O.C2H6Si.Zr/c1-17-9-18(2)12-22(11-17)28-24-7-6-8-25(24)29(27-16-21(5)15-26(27)28)23-13-19(3)10-20(4)14-23;1-14-8-15(2)11-18(10-14)21-19-12-16(3)9-17(19)13-20(22(21)24-7)23(4,5)6;1-3-2;/h9-16H,6-8H2,1-5H3;8-13H,1-7H3;1-2H3;. The van der Waals surface area contributed by atoms with E-state index in [1.54, 1.807) is 50.1 Å². The van der Waals surface area contributed by atoms with Gasteiger partial charge in [0.2, 0.25) is 0 Å². The molecule has 0 N–H and O–H groups in total. The molecule has 3 aliphatic carbocycles. The summed E-state index contributed by atoms with van der Waals surface area (Å²) in [6.45, 7) is 31.1. The first-order valence-corrected chi connectivity index (χ1v) is 30.3. The average molecular weight is 846 g/mol. The Morgan fingerprint density at radius 2 is 1.00 bits per heavy atom. The van der Waals surface area contributed by atoms with Crippen LogP contribution in [0.15, 0.2) is 71.8 Å². The summed E-state index contributed by atoms with van der Waals surface area (Å²) in [6.07, 6.45) is 8.85. The number of hydrogen-bond acceptors (Lipinski definition) is 1. The van der Waals surface area contributed by atoms with Gasteiger partial charge in [0.15, 0.2) is 0 Å². The normalized spacial score (nSPS) is 16.9. The van der Waals surface area contributed by atoms with Gasteiger partial charge in [-0.15, -0.1) is 0 Å². The van der Waals surface area contributed by atoms with Crippen molar-refractivity contribution in [2.75, 3.05) is 7.11 Å². The maximum atomic E-state index is 6.49. The van der Waals surface area contributed by atoms with Crippen molar-refractivity contribution in [3.63, 3.8) is 0 Å². The number of benzene rings is 5. The predicted molar refractivity (Wildman–Crippen MR) is 245 cm³/mol. The second-order valence-corrected chi connectivity index (χ2v) is 37.1. The Balaban J connectivity index is 1.45. The van der Waals surface area contributed by atoms with Gasteiger partial charge in [0.05, 0.1) is 0 Å². The molecule has 0 radical (unpaired) electrons. The van der Waals surface area contributed by atoms with Gasteiger partial charge in [-0.1, -0.05) is 0 Å². The van der Waals surface area contributed by atoms with E-state index in [0.29, 0.717) is 7.25 Å². The van der Waals surface area contributed by atoms with Gasteiger partial charge in [-0.25, -0.2) is 0 Å². The van der Waals surface area contributed by atoms with Gasteiger partial charge in [0.25, 0.3) is 0 Å². The first-order chi connectivity index (χ1) is 27.0. The van der Waals surface area contributed by atoms with Crippen LogP contribution in [0.3, 0.4) is 0 Å². The summed E-state index contributed by atoms with van der Waals surface area (Å²) in [6, 6.07) is 24.3. The van der Waals surface area contributed by atoms with Crippen molar-refractivity contribution in [2.45, 2.75) is 121 Å². The molecule has 0 aromatic heterocycles. The van der Waals surface area contributed by atoms with Gasteiger partial charge in [0.1, 0.15) is 0 Å². The fourth-order valence-corrected chi connectivity index (χ4v) is 31.8. The zero-order valence-electron chi connectivity index (χ0n) is 37.1. The van der Waals surface area contributed by atoms with Crippen molar-refractivity contribution >= 4 is 17.6 Å². The summed E-state index contributed by atoms with van der Waals surface area (Å²) in [5.74, 6) is 1.05. The molecule has 2 atom stereocenters. The molecule has 5 aromatic carbocycles. The monoisotopic (exact) mass is 844 g/mol. The molecule has 1 nitrogen and oxygen atoms in total. The van der Waals surface area contributed by atoms with E-state index in [1.807, 2.05) is 7.11 Å². The van der Waals surface area contributed by atoms with Gasteiger partial charge in [-0.3, -0.25) is 0 Å². The van der Waals surface area contributed by atoms with Crippen molar-refractivity contribution in [3.8, 4) is 39.1 Å². The minimum absolute atomic E-state index is 0.0713. The molecule has 0 bridgehead atoms. The molecule has 0 saturated heterocycles. The Morgan fingerprint density at radius 3 is 1.47 bits per heavy atom. The number of rotatable bonds is 6. The third-order valence-electron chi connectivity index (χ3n) is 13.0. The van der Waals surface area contributed by atoms with E-state index in [0.717, 1.165) is 5.75 Å². The van der Waals surface area contributed by atoms with Crippen LogP contribution in [0, 0.1) is 41.5 Å². The molecule has 0 amide bonds. The molecule has 3 aliphatic rings. The zero-order chi connectivity index (χ0) is 40.8. The van der Waals surface area contributed by atoms with E-state index in [-0.39, 0.29) is 5.41 Å². The molecular weight excluding hydrogens is 784 g/mol. The first-order valence-electron chi connectivity index (χ1n) is 21.2. The van der Waals surface area contributed by atoms with Crippen LogP contribution in [-0.2, 0) is 38.6 Å². The second-order valence-electron chi connectivity index (χ2n) is 19.2. The molecule has 0 saturated carbocycles. The molecule has 57 heavy (non-hydrogen) atoms. The minimum atomic E-state index is -2.52. The quantitative estimate of drug-likeness (QED) is 0.155. The van der Waals surface area contributed by atoms with Crippen molar-refractivity contribution < 1.29 is 25.1 Å². The molecule has 5 aromatic rings. The van der Waals surface area contributed by atoms with Crippen LogP contribution in [0.25, 0.3) is 45.5 Å². The molecule has 0 heterocycles.